The van der Waals surface area contributed by atoms with E-state index >= 15 is 0 Å². The number of hydrogen-bond donors (Lipinski definition) is 0. The second-order valence-electron chi connectivity index (χ2n) is 11.9. The molecule has 0 aliphatic heterocycles. The van der Waals surface area contributed by atoms with Gasteiger partial charge in [0.05, 0.1) is 33.8 Å². The number of pyridine rings is 2. The summed E-state index contributed by atoms with van der Waals surface area (Å²) in [6.45, 7) is 0. The van der Waals surface area contributed by atoms with Crippen molar-refractivity contribution in [2.75, 3.05) is 0 Å². The van der Waals surface area contributed by atoms with E-state index in [-0.39, 0.29) is 0 Å². The molecule has 6 aromatic carbocycles. The van der Waals surface area contributed by atoms with Crippen molar-refractivity contribution in [1.29, 1.82) is 0 Å². The Hall–Kier alpha value is -6.52. The number of nitrogens with zero attached hydrogens (tertiary/aromatic N) is 4. The first-order valence-corrected chi connectivity index (χ1v) is 16.1. The molecule has 0 bridgehead atoms. The molecule has 48 heavy (non-hydrogen) atoms. The van der Waals surface area contributed by atoms with Crippen LogP contribution >= 0.6 is 0 Å². The molecule has 0 spiro atoms. The van der Waals surface area contributed by atoms with Crippen molar-refractivity contribution >= 4 is 32.6 Å². The zero-order valence-corrected chi connectivity index (χ0v) is 26.0. The van der Waals surface area contributed by atoms with E-state index in [9.17, 15) is 0 Å². The summed E-state index contributed by atoms with van der Waals surface area (Å²) in [7, 11) is 0. The first kappa shape index (κ1) is 27.8. The van der Waals surface area contributed by atoms with Gasteiger partial charge in [0.1, 0.15) is 0 Å². The lowest BCUT2D eigenvalue weighted by Gasteiger charge is -2.14. The third-order valence-electron chi connectivity index (χ3n) is 8.86. The highest BCUT2D eigenvalue weighted by Gasteiger charge is 2.17. The summed E-state index contributed by atoms with van der Waals surface area (Å²) in [5.74, 6) is 0.693. The summed E-state index contributed by atoms with van der Waals surface area (Å²) in [5, 5.41) is 4.27. The van der Waals surface area contributed by atoms with Gasteiger partial charge in [-0.2, -0.15) is 0 Å². The van der Waals surface area contributed by atoms with E-state index in [1.807, 2.05) is 48.5 Å². The molecule has 0 N–H and O–H groups in total. The Morgan fingerprint density at radius 2 is 0.896 bits per heavy atom. The molecule has 3 aromatic heterocycles. The van der Waals surface area contributed by atoms with Crippen LogP contribution in [0.2, 0.25) is 0 Å². The van der Waals surface area contributed by atoms with Crippen LogP contribution in [0.4, 0.5) is 0 Å². The minimum absolute atomic E-state index is 0.693. The summed E-state index contributed by atoms with van der Waals surface area (Å²) in [5.41, 5.74) is 10.6. The highest BCUT2D eigenvalue weighted by atomic mass is 14.9. The van der Waals surface area contributed by atoms with Gasteiger partial charge in [0.15, 0.2) is 5.82 Å². The summed E-state index contributed by atoms with van der Waals surface area (Å²) < 4.78 is 0. The average molecular weight is 613 g/mol. The Kier molecular flexibility index (Phi) is 6.76. The number of rotatable bonds is 5. The molecule has 4 nitrogen and oxygen atoms in total. The Morgan fingerprint density at radius 1 is 0.333 bits per heavy atom. The maximum absolute atomic E-state index is 5.32. The average Bonchev–Trinajstić information content (AvgIpc) is 3.18. The van der Waals surface area contributed by atoms with Crippen molar-refractivity contribution in [3.63, 3.8) is 0 Å². The van der Waals surface area contributed by atoms with Crippen molar-refractivity contribution < 1.29 is 0 Å². The van der Waals surface area contributed by atoms with Crippen molar-refractivity contribution in [1.82, 2.24) is 19.9 Å². The minimum Gasteiger partial charge on any atom is -0.247 e. The first-order valence-electron chi connectivity index (χ1n) is 16.1. The van der Waals surface area contributed by atoms with Gasteiger partial charge in [0.25, 0.3) is 0 Å². The molecule has 0 atom stereocenters. The lowest BCUT2D eigenvalue weighted by molar-refractivity contribution is 1.18. The Bertz CT molecular complexity index is 2530. The van der Waals surface area contributed by atoms with Crippen molar-refractivity contribution in [2.45, 2.75) is 0 Å². The summed E-state index contributed by atoms with van der Waals surface area (Å²) in [4.78, 5) is 20.7. The van der Waals surface area contributed by atoms with Crippen LogP contribution in [0.5, 0.6) is 0 Å². The van der Waals surface area contributed by atoms with Gasteiger partial charge in [0.2, 0.25) is 0 Å². The van der Waals surface area contributed by atoms with Crippen molar-refractivity contribution in [3.8, 4) is 56.4 Å². The monoisotopic (exact) mass is 612 g/mol. The smallest absolute Gasteiger partial charge is 0.160 e. The van der Waals surface area contributed by atoms with Crippen LogP contribution < -0.4 is 0 Å². The first-order chi connectivity index (χ1) is 23.8. The standard InChI is InChI=1S/C44H28N4/c1-5-13-29(14-6-1)37-25-22-32-21-24-35-36-27-34(23-26-38(36)46-42(41(35)43(32)45-37)31-17-9-3-10-18-31)40-28-39(30-15-7-2-8-16-30)47-44(48-40)33-19-11-4-12-20-33/h1-28H. The molecule has 0 aliphatic carbocycles. The molecule has 4 heteroatoms. The number of hydrogen-bond acceptors (Lipinski definition) is 4. The maximum Gasteiger partial charge on any atom is 0.160 e. The van der Waals surface area contributed by atoms with Crippen LogP contribution in [0.25, 0.3) is 89.0 Å². The molecule has 0 saturated carbocycles. The second kappa shape index (κ2) is 11.7. The fourth-order valence-electron chi connectivity index (χ4n) is 6.48. The third-order valence-corrected chi connectivity index (χ3v) is 8.86. The number of aromatic nitrogens is 4. The molecule has 0 saturated heterocycles. The molecule has 0 unspecified atom stereocenters. The van der Waals surface area contributed by atoms with E-state index in [0.717, 1.165) is 83.2 Å². The third kappa shape index (κ3) is 4.97. The lowest BCUT2D eigenvalue weighted by Crippen LogP contribution is -1.97. The summed E-state index contributed by atoms with van der Waals surface area (Å²) in [6.07, 6.45) is 0. The van der Waals surface area contributed by atoms with E-state index < -0.39 is 0 Å². The summed E-state index contributed by atoms with van der Waals surface area (Å²) >= 11 is 0. The zero-order chi connectivity index (χ0) is 31.9. The van der Waals surface area contributed by atoms with Gasteiger partial charge < -0.3 is 0 Å². The Morgan fingerprint density at radius 3 is 1.56 bits per heavy atom. The minimum atomic E-state index is 0.693. The van der Waals surface area contributed by atoms with E-state index in [2.05, 4.69) is 121 Å². The highest BCUT2D eigenvalue weighted by molar-refractivity contribution is 6.20. The fraction of sp³-hybridized carbons (Fsp3) is 0. The van der Waals surface area contributed by atoms with Gasteiger partial charge >= 0.3 is 0 Å². The van der Waals surface area contributed by atoms with Gasteiger partial charge in [-0.3, -0.25) is 0 Å². The summed E-state index contributed by atoms with van der Waals surface area (Å²) in [6, 6.07) is 58.4. The van der Waals surface area contributed by atoms with Crippen molar-refractivity contribution in [3.05, 3.63) is 170 Å². The van der Waals surface area contributed by atoms with Gasteiger partial charge in [0, 0.05) is 44.0 Å². The largest absolute Gasteiger partial charge is 0.247 e. The van der Waals surface area contributed by atoms with Gasteiger partial charge in [-0.15, -0.1) is 0 Å². The van der Waals surface area contributed by atoms with Crippen molar-refractivity contribution in [2.24, 2.45) is 0 Å². The predicted molar refractivity (Wildman–Crippen MR) is 197 cm³/mol. The van der Waals surface area contributed by atoms with Crippen LogP contribution in [0.15, 0.2) is 170 Å². The number of fused-ring (bicyclic) bond motifs is 5. The quantitative estimate of drug-likeness (QED) is 0.181. The van der Waals surface area contributed by atoms with E-state index in [4.69, 9.17) is 19.9 Å². The molecule has 9 rings (SSSR count). The van der Waals surface area contributed by atoms with E-state index in [1.54, 1.807) is 0 Å². The predicted octanol–water partition coefficient (Wildman–Crippen LogP) is 11.1. The van der Waals surface area contributed by atoms with Crippen LogP contribution in [-0.2, 0) is 0 Å². The fourth-order valence-corrected chi connectivity index (χ4v) is 6.48. The molecular weight excluding hydrogens is 585 g/mol. The molecule has 9 aromatic rings. The molecule has 0 radical (unpaired) electrons. The highest BCUT2D eigenvalue weighted by Crippen LogP contribution is 2.39. The molecule has 0 aliphatic rings. The Labute approximate surface area is 278 Å². The lowest BCUT2D eigenvalue weighted by atomic mass is 9.95. The normalized spacial score (nSPS) is 11.3. The van der Waals surface area contributed by atoms with Gasteiger partial charge in [-0.1, -0.05) is 146 Å². The molecular formula is C44H28N4. The molecule has 0 amide bonds. The SMILES string of the molecule is c1ccc(-c2cc(-c3ccc4nc(-c5ccccc5)c5c(ccc6ccc(-c7ccccc7)nc65)c4c3)nc(-c3ccccc3)n2)cc1. The maximum atomic E-state index is 5.32. The van der Waals surface area contributed by atoms with E-state index in [0.29, 0.717) is 5.82 Å². The van der Waals surface area contributed by atoms with Crippen LogP contribution in [0.3, 0.4) is 0 Å². The Balaban J connectivity index is 1.31. The van der Waals surface area contributed by atoms with Crippen LogP contribution in [-0.4, -0.2) is 19.9 Å². The second-order valence-corrected chi connectivity index (χ2v) is 11.9. The number of benzene rings is 6. The van der Waals surface area contributed by atoms with Gasteiger partial charge in [-0.05, 0) is 29.7 Å². The zero-order valence-electron chi connectivity index (χ0n) is 26.0. The van der Waals surface area contributed by atoms with Crippen LogP contribution in [0, 0.1) is 0 Å². The topological polar surface area (TPSA) is 51.6 Å². The molecule has 0 fully saturated rings. The molecule has 224 valence electrons. The van der Waals surface area contributed by atoms with Crippen LogP contribution in [0.1, 0.15) is 0 Å². The molecule has 3 heterocycles. The van der Waals surface area contributed by atoms with Gasteiger partial charge in [-0.25, -0.2) is 19.9 Å². The van der Waals surface area contributed by atoms with E-state index in [1.165, 1.54) is 0 Å².